The van der Waals surface area contributed by atoms with Gasteiger partial charge in [0.1, 0.15) is 5.75 Å². The third-order valence-corrected chi connectivity index (χ3v) is 4.15. The Morgan fingerprint density at radius 2 is 1.65 bits per heavy atom. The number of ether oxygens (including phenoxy) is 1. The largest absolute Gasteiger partial charge is 0.492 e. The van der Waals surface area contributed by atoms with Gasteiger partial charge in [0.2, 0.25) is 0 Å². The van der Waals surface area contributed by atoms with Gasteiger partial charge in [0.25, 0.3) is 0 Å². The lowest BCUT2D eigenvalue weighted by atomic mass is 9.78. The van der Waals surface area contributed by atoms with Crippen molar-refractivity contribution in [2.24, 2.45) is 0 Å². The van der Waals surface area contributed by atoms with Crippen molar-refractivity contribution < 1.29 is 4.74 Å². The maximum atomic E-state index is 6.08. The summed E-state index contributed by atoms with van der Waals surface area (Å²) in [5.41, 5.74) is 2.92. The molecule has 98 valence electrons. The second-order valence-corrected chi connectivity index (χ2v) is 5.39. The van der Waals surface area contributed by atoms with E-state index in [1.54, 1.807) is 0 Å². The first-order chi connectivity index (χ1) is 9.92. The van der Waals surface area contributed by atoms with Crippen molar-refractivity contribution in [2.75, 3.05) is 6.61 Å². The lowest BCUT2D eigenvalue weighted by Gasteiger charge is -2.30. The Kier molecular flexibility index (Phi) is 2.70. The smallest absolute Gasteiger partial charge is 0.127 e. The molecule has 3 aromatic carbocycles. The molecular weight excluding hydrogens is 244 g/mol. The molecule has 0 radical (unpaired) electrons. The maximum Gasteiger partial charge on any atom is 0.127 e. The highest BCUT2D eigenvalue weighted by Gasteiger charge is 2.25. The molecule has 1 aliphatic rings. The summed E-state index contributed by atoms with van der Waals surface area (Å²) in [6, 6.07) is 23.3. The molecule has 0 fully saturated rings. The van der Waals surface area contributed by atoms with E-state index < -0.39 is 0 Å². The van der Waals surface area contributed by atoms with E-state index in [0.29, 0.717) is 5.92 Å². The summed E-state index contributed by atoms with van der Waals surface area (Å²) in [4.78, 5) is 0. The molecule has 0 bridgehead atoms. The van der Waals surface area contributed by atoms with Crippen molar-refractivity contribution in [3.8, 4) is 5.75 Å². The molecular formula is C19H16O. The fraction of sp³-hybridized carbons (Fsp3) is 0.158. The molecule has 20 heavy (non-hydrogen) atoms. The second kappa shape index (κ2) is 4.68. The fourth-order valence-corrected chi connectivity index (χ4v) is 3.02. The fourth-order valence-electron chi connectivity index (χ4n) is 3.02. The zero-order valence-corrected chi connectivity index (χ0v) is 11.3. The maximum absolute atomic E-state index is 6.08. The van der Waals surface area contributed by atoms with Gasteiger partial charge in [-0.3, -0.25) is 0 Å². The van der Waals surface area contributed by atoms with Crippen LogP contribution in [0.5, 0.6) is 5.75 Å². The van der Waals surface area contributed by atoms with E-state index in [9.17, 15) is 0 Å². The molecule has 3 aromatic rings. The molecule has 1 aliphatic carbocycles. The van der Waals surface area contributed by atoms with E-state index in [4.69, 9.17) is 4.74 Å². The summed E-state index contributed by atoms with van der Waals surface area (Å²) in [6.07, 6.45) is 1.14. The van der Waals surface area contributed by atoms with Crippen LogP contribution < -0.4 is 4.74 Å². The molecule has 0 heterocycles. The van der Waals surface area contributed by atoms with Gasteiger partial charge in [-0.25, -0.2) is 0 Å². The molecule has 0 saturated heterocycles. The van der Waals surface area contributed by atoms with Crippen LogP contribution in [0.25, 0.3) is 10.8 Å². The Morgan fingerprint density at radius 3 is 2.60 bits per heavy atom. The molecule has 1 atom stereocenters. The Labute approximate surface area is 118 Å². The van der Waals surface area contributed by atoms with E-state index in [1.165, 1.54) is 21.9 Å². The molecule has 0 saturated carbocycles. The van der Waals surface area contributed by atoms with Crippen molar-refractivity contribution >= 4 is 10.8 Å². The standard InChI is InChI=1S/C19H16O/c1-4-10-18-14(6-1)8-5-11-19(18)20-13-16-12-15-7-2-3-9-17(15)16/h1-11,16H,12-13H2. The van der Waals surface area contributed by atoms with Crippen LogP contribution in [0.4, 0.5) is 0 Å². The van der Waals surface area contributed by atoms with Crippen LogP contribution in [0.2, 0.25) is 0 Å². The van der Waals surface area contributed by atoms with Gasteiger partial charge in [-0.1, -0.05) is 60.7 Å². The van der Waals surface area contributed by atoms with Crippen LogP contribution in [0.15, 0.2) is 66.7 Å². The van der Waals surface area contributed by atoms with Gasteiger partial charge in [-0.15, -0.1) is 0 Å². The van der Waals surface area contributed by atoms with Gasteiger partial charge in [-0.05, 0) is 29.0 Å². The van der Waals surface area contributed by atoms with Gasteiger partial charge in [0, 0.05) is 11.3 Å². The first-order valence-electron chi connectivity index (χ1n) is 7.10. The molecule has 1 nitrogen and oxygen atoms in total. The summed E-state index contributed by atoms with van der Waals surface area (Å²) >= 11 is 0. The minimum absolute atomic E-state index is 0.546. The lowest BCUT2D eigenvalue weighted by Crippen LogP contribution is -2.23. The van der Waals surface area contributed by atoms with Crippen molar-refractivity contribution in [3.63, 3.8) is 0 Å². The average molecular weight is 260 g/mol. The molecule has 0 spiro atoms. The monoisotopic (exact) mass is 260 g/mol. The second-order valence-electron chi connectivity index (χ2n) is 5.39. The molecule has 1 heteroatoms. The normalized spacial score (nSPS) is 16.5. The number of fused-ring (bicyclic) bond motifs is 2. The van der Waals surface area contributed by atoms with Gasteiger partial charge in [0.15, 0.2) is 0 Å². The van der Waals surface area contributed by atoms with E-state index in [0.717, 1.165) is 18.8 Å². The quantitative estimate of drug-likeness (QED) is 0.671. The van der Waals surface area contributed by atoms with E-state index in [1.807, 2.05) is 0 Å². The van der Waals surface area contributed by atoms with E-state index in [-0.39, 0.29) is 0 Å². The van der Waals surface area contributed by atoms with Crippen LogP contribution in [0.3, 0.4) is 0 Å². The van der Waals surface area contributed by atoms with Crippen molar-refractivity contribution in [3.05, 3.63) is 77.9 Å². The van der Waals surface area contributed by atoms with Gasteiger partial charge in [-0.2, -0.15) is 0 Å². The van der Waals surface area contributed by atoms with Crippen LogP contribution >= 0.6 is 0 Å². The van der Waals surface area contributed by atoms with Gasteiger partial charge >= 0.3 is 0 Å². The lowest BCUT2D eigenvalue weighted by molar-refractivity contribution is 0.278. The first kappa shape index (κ1) is 11.5. The Balaban J connectivity index is 1.55. The average Bonchev–Trinajstić information content (AvgIpc) is 2.48. The van der Waals surface area contributed by atoms with Crippen molar-refractivity contribution in [1.82, 2.24) is 0 Å². The molecule has 0 N–H and O–H groups in total. The van der Waals surface area contributed by atoms with Crippen LogP contribution in [-0.4, -0.2) is 6.61 Å². The molecule has 0 amide bonds. The van der Waals surface area contributed by atoms with Crippen LogP contribution in [-0.2, 0) is 6.42 Å². The zero-order chi connectivity index (χ0) is 13.4. The molecule has 0 aromatic heterocycles. The molecule has 0 aliphatic heterocycles. The highest BCUT2D eigenvalue weighted by Crippen LogP contribution is 2.35. The number of benzene rings is 3. The molecule has 1 unspecified atom stereocenters. The Hall–Kier alpha value is -2.28. The summed E-state index contributed by atoms with van der Waals surface area (Å²) < 4.78 is 6.08. The third-order valence-electron chi connectivity index (χ3n) is 4.15. The number of hydrogen-bond acceptors (Lipinski definition) is 1. The minimum atomic E-state index is 0.546. The summed E-state index contributed by atoms with van der Waals surface area (Å²) in [5.74, 6) is 1.54. The minimum Gasteiger partial charge on any atom is -0.492 e. The Bertz CT molecular complexity index is 755. The topological polar surface area (TPSA) is 9.23 Å². The number of hydrogen-bond donors (Lipinski definition) is 0. The predicted octanol–water partition coefficient (Wildman–Crippen LogP) is 4.56. The predicted molar refractivity (Wildman–Crippen MR) is 82.3 cm³/mol. The van der Waals surface area contributed by atoms with Crippen molar-refractivity contribution in [2.45, 2.75) is 12.3 Å². The highest BCUT2D eigenvalue weighted by molar-refractivity contribution is 5.88. The number of rotatable bonds is 3. The summed E-state index contributed by atoms with van der Waals surface area (Å²) in [7, 11) is 0. The van der Waals surface area contributed by atoms with Gasteiger partial charge < -0.3 is 4.74 Å². The van der Waals surface area contributed by atoms with Crippen LogP contribution in [0.1, 0.15) is 17.0 Å². The van der Waals surface area contributed by atoms with Crippen molar-refractivity contribution in [1.29, 1.82) is 0 Å². The highest BCUT2D eigenvalue weighted by atomic mass is 16.5. The van der Waals surface area contributed by atoms with Gasteiger partial charge in [0.05, 0.1) is 6.61 Å². The van der Waals surface area contributed by atoms with Crippen LogP contribution in [0, 0.1) is 0 Å². The molecule has 4 rings (SSSR count). The Morgan fingerprint density at radius 1 is 0.850 bits per heavy atom. The summed E-state index contributed by atoms with van der Waals surface area (Å²) in [6.45, 7) is 0.769. The third kappa shape index (κ3) is 1.87. The van der Waals surface area contributed by atoms with E-state index >= 15 is 0 Å². The summed E-state index contributed by atoms with van der Waals surface area (Å²) in [5, 5.41) is 2.43. The SMILES string of the molecule is c1ccc2c(c1)CC2COc1cccc2ccccc12. The zero-order valence-electron chi connectivity index (χ0n) is 11.3. The first-order valence-corrected chi connectivity index (χ1v) is 7.10. The van der Waals surface area contributed by atoms with E-state index in [2.05, 4.69) is 66.7 Å².